The average Bonchev–Trinajstić information content (AvgIpc) is 3.19. The number of piperidine rings is 1. The summed E-state index contributed by atoms with van der Waals surface area (Å²) in [5, 5.41) is 11.1. The summed E-state index contributed by atoms with van der Waals surface area (Å²) in [5.74, 6) is -0.898. The predicted octanol–water partition coefficient (Wildman–Crippen LogP) is 1.74. The van der Waals surface area contributed by atoms with Crippen LogP contribution in [0.25, 0.3) is 0 Å². The highest BCUT2D eigenvalue weighted by molar-refractivity contribution is 5.78. The molecule has 0 N–H and O–H groups in total. The number of carbonyl (C=O) groups is 2. The van der Waals surface area contributed by atoms with Crippen LogP contribution in [0.3, 0.4) is 0 Å². The van der Waals surface area contributed by atoms with Gasteiger partial charge in [-0.3, -0.25) is 4.79 Å². The molecule has 1 aliphatic carbocycles. The molecule has 0 atom stereocenters. The molecule has 0 unspecified atom stereocenters. The second-order valence-corrected chi connectivity index (χ2v) is 7.17. The minimum absolute atomic E-state index is 0.0264. The van der Waals surface area contributed by atoms with Crippen molar-refractivity contribution in [1.82, 2.24) is 9.47 Å². The van der Waals surface area contributed by atoms with E-state index in [1.165, 1.54) is 0 Å². The number of amides is 1. The Labute approximate surface area is 137 Å². The topological polar surface area (TPSA) is 65.4 Å². The Hall–Kier alpha value is -1.78. The van der Waals surface area contributed by atoms with Crippen LogP contribution in [0, 0.1) is 5.41 Å². The molecule has 1 saturated carbocycles. The summed E-state index contributed by atoms with van der Waals surface area (Å²) in [5.41, 5.74) is -0.354. The van der Waals surface area contributed by atoms with Gasteiger partial charge in [0.1, 0.15) is 0 Å². The van der Waals surface area contributed by atoms with Crippen LogP contribution in [-0.4, -0.2) is 34.4 Å². The normalized spacial score (nSPS) is 21.5. The van der Waals surface area contributed by atoms with E-state index in [1.54, 1.807) is 0 Å². The lowest BCUT2D eigenvalue weighted by atomic mass is 9.79. The molecule has 1 amide bonds. The number of nitrogens with zero attached hydrogens (tertiary/aromatic N) is 2. The van der Waals surface area contributed by atoms with Gasteiger partial charge in [0.05, 0.1) is 0 Å². The maximum absolute atomic E-state index is 12.6. The lowest BCUT2D eigenvalue weighted by Crippen LogP contribution is -2.42. The summed E-state index contributed by atoms with van der Waals surface area (Å²) < 4.78 is 2.22. The van der Waals surface area contributed by atoms with Crippen molar-refractivity contribution >= 4 is 11.9 Å². The molecule has 0 radical (unpaired) electrons. The quantitative estimate of drug-likeness (QED) is 0.831. The second-order valence-electron chi connectivity index (χ2n) is 7.17. The number of hydrogen-bond acceptors (Lipinski definition) is 3. The zero-order valence-corrected chi connectivity index (χ0v) is 13.6. The van der Waals surface area contributed by atoms with Crippen molar-refractivity contribution in [2.24, 2.45) is 5.41 Å². The molecule has 2 aliphatic rings. The largest absolute Gasteiger partial charge is 0.550 e. The molecule has 1 saturated heterocycles. The summed E-state index contributed by atoms with van der Waals surface area (Å²) >= 11 is 0. The van der Waals surface area contributed by atoms with E-state index in [1.807, 2.05) is 17.0 Å². The zero-order chi connectivity index (χ0) is 16.3. The first kappa shape index (κ1) is 16.1. The Morgan fingerprint density at radius 2 is 1.65 bits per heavy atom. The molecule has 23 heavy (non-hydrogen) atoms. The minimum atomic E-state index is -1.02. The lowest BCUT2D eigenvalue weighted by molar-refractivity contribution is -0.308. The lowest BCUT2D eigenvalue weighted by Gasteiger charge is -2.36. The third-order valence-corrected chi connectivity index (χ3v) is 5.58. The fourth-order valence-corrected chi connectivity index (χ4v) is 4.28. The first-order valence-corrected chi connectivity index (χ1v) is 8.68. The van der Waals surface area contributed by atoms with Crippen LogP contribution in [0.2, 0.25) is 0 Å². The van der Waals surface area contributed by atoms with Gasteiger partial charge in [-0.25, -0.2) is 0 Å². The molecule has 5 heteroatoms. The molecular formula is C18H25N2O3-. The van der Waals surface area contributed by atoms with Crippen molar-refractivity contribution in [1.29, 1.82) is 0 Å². The Bertz CT molecular complexity index is 539. The van der Waals surface area contributed by atoms with Gasteiger partial charge < -0.3 is 19.4 Å². The molecule has 1 aliphatic heterocycles. The SMILES string of the molecule is O=C([O-])CC1(CC(=O)N2CCC(n3cccc3)CC2)CCCC1. The summed E-state index contributed by atoms with van der Waals surface area (Å²) in [6.07, 6.45) is 10.2. The number of hydrogen-bond donors (Lipinski definition) is 0. The van der Waals surface area contributed by atoms with Gasteiger partial charge in [-0.15, -0.1) is 0 Å². The summed E-state index contributed by atoms with van der Waals surface area (Å²) in [4.78, 5) is 25.6. The van der Waals surface area contributed by atoms with Crippen molar-refractivity contribution in [3.05, 3.63) is 24.5 Å². The number of carboxylic acids is 1. The van der Waals surface area contributed by atoms with Gasteiger partial charge >= 0.3 is 0 Å². The summed E-state index contributed by atoms with van der Waals surface area (Å²) in [6, 6.07) is 4.53. The fourth-order valence-electron chi connectivity index (χ4n) is 4.28. The van der Waals surface area contributed by atoms with E-state index in [4.69, 9.17) is 0 Å². The van der Waals surface area contributed by atoms with Crippen molar-refractivity contribution in [3.63, 3.8) is 0 Å². The predicted molar refractivity (Wildman–Crippen MR) is 84.4 cm³/mol. The number of carboxylic acid groups (broad SMARTS) is 1. The molecule has 2 fully saturated rings. The Morgan fingerprint density at radius 1 is 1.04 bits per heavy atom. The van der Waals surface area contributed by atoms with Crippen LogP contribution < -0.4 is 5.11 Å². The summed E-state index contributed by atoms with van der Waals surface area (Å²) in [7, 11) is 0. The van der Waals surface area contributed by atoms with Crippen molar-refractivity contribution in [2.45, 2.75) is 57.4 Å². The number of carbonyl (C=O) groups excluding carboxylic acids is 2. The molecule has 1 aromatic rings. The van der Waals surface area contributed by atoms with E-state index in [0.29, 0.717) is 12.5 Å². The van der Waals surface area contributed by atoms with Crippen LogP contribution in [-0.2, 0) is 9.59 Å². The van der Waals surface area contributed by atoms with Crippen molar-refractivity contribution in [2.75, 3.05) is 13.1 Å². The number of aromatic nitrogens is 1. The molecule has 0 aromatic carbocycles. The summed E-state index contributed by atoms with van der Waals surface area (Å²) in [6.45, 7) is 1.53. The first-order chi connectivity index (χ1) is 11.1. The molecular weight excluding hydrogens is 292 g/mol. The Balaban J connectivity index is 1.55. The highest BCUT2D eigenvalue weighted by atomic mass is 16.4. The maximum Gasteiger partial charge on any atom is 0.223 e. The van der Waals surface area contributed by atoms with Gasteiger partial charge in [-0.1, -0.05) is 12.8 Å². The smallest absolute Gasteiger partial charge is 0.223 e. The Morgan fingerprint density at radius 3 is 2.22 bits per heavy atom. The van der Waals surface area contributed by atoms with Crippen LogP contribution in [0.1, 0.15) is 57.4 Å². The number of likely N-dealkylation sites (tertiary alicyclic amines) is 1. The van der Waals surface area contributed by atoms with Gasteiger partial charge in [0.25, 0.3) is 0 Å². The average molecular weight is 317 g/mol. The van der Waals surface area contributed by atoms with E-state index in [-0.39, 0.29) is 17.7 Å². The van der Waals surface area contributed by atoms with Crippen LogP contribution in [0.5, 0.6) is 0 Å². The monoisotopic (exact) mass is 317 g/mol. The second kappa shape index (κ2) is 6.77. The van der Waals surface area contributed by atoms with E-state index in [0.717, 1.165) is 51.6 Å². The van der Waals surface area contributed by atoms with Gasteiger partial charge in [0.2, 0.25) is 5.91 Å². The van der Waals surface area contributed by atoms with Crippen LogP contribution >= 0.6 is 0 Å². The minimum Gasteiger partial charge on any atom is -0.550 e. The molecule has 5 nitrogen and oxygen atoms in total. The molecule has 1 aromatic heterocycles. The first-order valence-electron chi connectivity index (χ1n) is 8.68. The molecule has 0 bridgehead atoms. The highest BCUT2D eigenvalue weighted by Gasteiger charge is 2.37. The third kappa shape index (κ3) is 3.77. The van der Waals surface area contributed by atoms with Gasteiger partial charge in [0, 0.05) is 43.9 Å². The zero-order valence-electron chi connectivity index (χ0n) is 13.6. The van der Waals surface area contributed by atoms with Crippen LogP contribution in [0.15, 0.2) is 24.5 Å². The van der Waals surface area contributed by atoms with Gasteiger partial charge in [0.15, 0.2) is 0 Å². The van der Waals surface area contributed by atoms with E-state index < -0.39 is 5.97 Å². The highest BCUT2D eigenvalue weighted by Crippen LogP contribution is 2.44. The van der Waals surface area contributed by atoms with E-state index in [9.17, 15) is 14.7 Å². The molecule has 0 spiro atoms. The fraction of sp³-hybridized carbons (Fsp3) is 0.667. The third-order valence-electron chi connectivity index (χ3n) is 5.58. The van der Waals surface area contributed by atoms with Gasteiger partial charge in [-0.2, -0.15) is 0 Å². The number of rotatable bonds is 5. The van der Waals surface area contributed by atoms with Crippen molar-refractivity contribution in [3.8, 4) is 0 Å². The van der Waals surface area contributed by atoms with E-state index in [2.05, 4.69) is 17.0 Å². The van der Waals surface area contributed by atoms with Gasteiger partial charge in [-0.05, 0) is 49.7 Å². The molecule has 126 valence electrons. The number of aliphatic carboxylic acids is 1. The maximum atomic E-state index is 12.6. The van der Waals surface area contributed by atoms with Crippen LogP contribution in [0.4, 0.5) is 0 Å². The Kier molecular flexibility index (Phi) is 4.74. The van der Waals surface area contributed by atoms with E-state index >= 15 is 0 Å². The molecule has 2 heterocycles. The van der Waals surface area contributed by atoms with Crippen molar-refractivity contribution < 1.29 is 14.7 Å². The molecule has 3 rings (SSSR count). The standard InChI is InChI=1S/C18H26N2O3/c21-16(13-18(14-17(22)23)7-1-2-8-18)20-11-5-15(6-12-20)19-9-3-4-10-19/h3-4,9-10,15H,1-2,5-8,11-14H2,(H,22,23)/p-1.